The second-order valence-corrected chi connectivity index (χ2v) is 4.78. The van der Waals surface area contributed by atoms with Crippen LogP contribution >= 0.6 is 0 Å². The first-order chi connectivity index (χ1) is 6.92. The lowest BCUT2D eigenvalue weighted by atomic mass is 10.0. The molecular weight excluding hydrogens is 186 g/mol. The van der Waals surface area contributed by atoms with Crippen LogP contribution in [0, 0.1) is 6.92 Å². The van der Waals surface area contributed by atoms with Crippen molar-refractivity contribution in [2.75, 3.05) is 26.0 Å². The van der Waals surface area contributed by atoms with Crippen molar-refractivity contribution in [1.29, 1.82) is 0 Å². The molecule has 1 N–H and O–H groups in total. The maximum absolute atomic E-state index is 4.31. The Bertz CT molecular complexity index is 301. The molecule has 0 amide bonds. The molecule has 0 unspecified atom stereocenters. The van der Waals surface area contributed by atoms with Crippen molar-refractivity contribution < 1.29 is 0 Å². The largest absolute Gasteiger partial charge is 0.368 e. The molecular formula is C12H21N3. The molecule has 0 fully saturated rings. The minimum atomic E-state index is 0.132. The summed E-state index contributed by atoms with van der Waals surface area (Å²) in [5, 5.41) is 3.34. The van der Waals surface area contributed by atoms with Crippen LogP contribution in [0.2, 0.25) is 0 Å². The van der Waals surface area contributed by atoms with Crippen LogP contribution in [-0.2, 0) is 0 Å². The van der Waals surface area contributed by atoms with Crippen molar-refractivity contribution in [3.05, 3.63) is 23.9 Å². The van der Waals surface area contributed by atoms with E-state index in [2.05, 4.69) is 49.2 Å². The van der Waals surface area contributed by atoms with Crippen molar-refractivity contribution in [2.24, 2.45) is 0 Å². The standard InChI is InChI=1S/C12H21N3/c1-10-6-7-11(13-8-10)14-9-12(2,3)15(4)5/h6-8H,9H2,1-5H3,(H,13,14). The van der Waals surface area contributed by atoms with E-state index < -0.39 is 0 Å². The molecule has 0 aliphatic carbocycles. The Morgan fingerprint density at radius 2 is 2.00 bits per heavy atom. The summed E-state index contributed by atoms with van der Waals surface area (Å²) in [5.41, 5.74) is 1.32. The number of nitrogens with zero attached hydrogens (tertiary/aromatic N) is 2. The van der Waals surface area contributed by atoms with Gasteiger partial charge in [0.2, 0.25) is 0 Å². The SMILES string of the molecule is Cc1ccc(NCC(C)(C)N(C)C)nc1. The van der Waals surface area contributed by atoms with Crippen LogP contribution in [0.3, 0.4) is 0 Å². The van der Waals surface area contributed by atoms with Crippen LogP contribution in [0.25, 0.3) is 0 Å². The van der Waals surface area contributed by atoms with Crippen LogP contribution in [0.1, 0.15) is 19.4 Å². The van der Waals surface area contributed by atoms with E-state index in [4.69, 9.17) is 0 Å². The molecule has 15 heavy (non-hydrogen) atoms. The highest BCUT2D eigenvalue weighted by atomic mass is 15.2. The van der Waals surface area contributed by atoms with Gasteiger partial charge in [-0.1, -0.05) is 6.07 Å². The molecule has 0 radical (unpaired) electrons. The highest BCUT2D eigenvalue weighted by Gasteiger charge is 2.19. The van der Waals surface area contributed by atoms with Crippen molar-refractivity contribution in [3.63, 3.8) is 0 Å². The molecule has 0 aliphatic heterocycles. The maximum Gasteiger partial charge on any atom is 0.125 e. The van der Waals surface area contributed by atoms with Crippen molar-refractivity contribution in [3.8, 4) is 0 Å². The highest BCUT2D eigenvalue weighted by Crippen LogP contribution is 2.11. The predicted molar refractivity (Wildman–Crippen MR) is 65.2 cm³/mol. The maximum atomic E-state index is 4.31. The molecule has 0 saturated carbocycles. The van der Waals surface area contributed by atoms with Gasteiger partial charge >= 0.3 is 0 Å². The normalized spacial score (nSPS) is 11.9. The topological polar surface area (TPSA) is 28.2 Å². The van der Waals surface area contributed by atoms with Gasteiger partial charge in [-0.05, 0) is 46.5 Å². The van der Waals surface area contributed by atoms with Crippen LogP contribution in [0.4, 0.5) is 5.82 Å². The van der Waals surface area contributed by atoms with E-state index >= 15 is 0 Å². The first kappa shape index (κ1) is 12.0. The lowest BCUT2D eigenvalue weighted by molar-refractivity contribution is 0.210. The summed E-state index contributed by atoms with van der Waals surface area (Å²) < 4.78 is 0. The summed E-state index contributed by atoms with van der Waals surface area (Å²) in [5.74, 6) is 0.940. The number of nitrogens with one attached hydrogen (secondary N) is 1. The van der Waals surface area contributed by atoms with Crippen LogP contribution < -0.4 is 5.32 Å². The number of anilines is 1. The number of rotatable bonds is 4. The molecule has 0 spiro atoms. The summed E-state index contributed by atoms with van der Waals surface area (Å²) in [6, 6.07) is 4.08. The van der Waals surface area contributed by atoms with Crippen LogP contribution in [0.15, 0.2) is 18.3 Å². The zero-order valence-electron chi connectivity index (χ0n) is 10.3. The van der Waals surface area contributed by atoms with E-state index in [0.717, 1.165) is 12.4 Å². The average molecular weight is 207 g/mol. The molecule has 0 bridgehead atoms. The van der Waals surface area contributed by atoms with Gasteiger partial charge in [0.05, 0.1) is 0 Å². The van der Waals surface area contributed by atoms with Crippen molar-refractivity contribution in [2.45, 2.75) is 26.3 Å². The molecule has 0 aromatic carbocycles. The summed E-state index contributed by atoms with van der Waals surface area (Å²) in [7, 11) is 4.18. The number of hydrogen-bond donors (Lipinski definition) is 1. The quantitative estimate of drug-likeness (QED) is 0.820. The smallest absolute Gasteiger partial charge is 0.125 e. The highest BCUT2D eigenvalue weighted by molar-refractivity contribution is 5.35. The molecule has 1 aromatic heterocycles. The van der Waals surface area contributed by atoms with Crippen molar-refractivity contribution in [1.82, 2.24) is 9.88 Å². The molecule has 0 saturated heterocycles. The number of hydrogen-bond acceptors (Lipinski definition) is 3. The van der Waals surface area contributed by atoms with Gasteiger partial charge in [0.25, 0.3) is 0 Å². The van der Waals surface area contributed by atoms with Gasteiger partial charge in [-0.15, -0.1) is 0 Å². The zero-order valence-corrected chi connectivity index (χ0v) is 10.3. The molecule has 3 nitrogen and oxygen atoms in total. The number of pyridine rings is 1. The van der Waals surface area contributed by atoms with Crippen LogP contribution in [-0.4, -0.2) is 36.1 Å². The summed E-state index contributed by atoms with van der Waals surface area (Å²) in [6.45, 7) is 7.33. The van der Waals surface area contributed by atoms with Crippen molar-refractivity contribution >= 4 is 5.82 Å². The lowest BCUT2D eigenvalue weighted by Gasteiger charge is -2.32. The van der Waals surface area contributed by atoms with E-state index in [-0.39, 0.29) is 5.54 Å². The molecule has 1 rings (SSSR count). The number of aromatic nitrogens is 1. The van der Waals surface area contributed by atoms with Gasteiger partial charge in [-0.3, -0.25) is 0 Å². The number of aryl methyl sites for hydroxylation is 1. The third kappa shape index (κ3) is 3.51. The minimum absolute atomic E-state index is 0.132. The molecule has 1 heterocycles. The molecule has 0 atom stereocenters. The number of likely N-dealkylation sites (N-methyl/N-ethyl adjacent to an activating group) is 1. The van der Waals surface area contributed by atoms with E-state index in [1.54, 1.807) is 0 Å². The van der Waals surface area contributed by atoms with E-state index in [1.807, 2.05) is 19.2 Å². The Morgan fingerprint density at radius 3 is 2.47 bits per heavy atom. The Labute approximate surface area is 92.5 Å². The molecule has 1 aromatic rings. The fraction of sp³-hybridized carbons (Fsp3) is 0.583. The molecule has 3 heteroatoms. The monoisotopic (exact) mass is 207 g/mol. The first-order valence-corrected chi connectivity index (χ1v) is 5.26. The van der Waals surface area contributed by atoms with E-state index in [9.17, 15) is 0 Å². The fourth-order valence-corrected chi connectivity index (χ4v) is 1.04. The Balaban J connectivity index is 2.54. The second kappa shape index (κ2) is 4.62. The lowest BCUT2D eigenvalue weighted by Crippen LogP contribution is -2.44. The first-order valence-electron chi connectivity index (χ1n) is 5.26. The minimum Gasteiger partial charge on any atom is -0.368 e. The predicted octanol–water partition coefficient (Wildman–Crippen LogP) is 2.14. The molecule has 84 valence electrons. The van der Waals surface area contributed by atoms with Gasteiger partial charge in [0, 0.05) is 18.3 Å². The van der Waals surface area contributed by atoms with Gasteiger partial charge in [0.15, 0.2) is 0 Å². The Morgan fingerprint density at radius 1 is 1.33 bits per heavy atom. The fourth-order valence-electron chi connectivity index (χ4n) is 1.04. The van der Waals surface area contributed by atoms with Crippen LogP contribution in [0.5, 0.6) is 0 Å². The van der Waals surface area contributed by atoms with E-state index in [0.29, 0.717) is 0 Å². The third-order valence-corrected chi connectivity index (χ3v) is 2.82. The summed E-state index contributed by atoms with van der Waals surface area (Å²) in [4.78, 5) is 6.51. The summed E-state index contributed by atoms with van der Waals surface area (Å²) in [6.07, 6.45) is 1.88. The van der Waals surface area contributed by atoms with Gasteiger partial charge < -0.3 is 10.2 Å². The second-order valence-electron chi connectivity index (χ2n) is 4.78. The third-order valence-electron chi connectivity index (χ3n) is 2.82. The average Bonchev–Trinajstić information content (AvgIpc) is 2.17. The van der Waals surface area contributed by atoms with Gasteiger partial charge in [-0.25, -0.2) is 4.98 Å². The Hall–Kier alpha value is -1.09. The van der Waals surface area contributed by atoms with Gasteiger partial charge in [0.1, 0.15) is 5.82 Å². The van der Waals surface area contributed by atoms with Gasteiger partial charge in [-0.2, -0.15) is 0 Å². The summed E-state index contributed by atoms with van der Waals surface area (Å²) >= 11 is 0. The molecule has 0 aliphatic rings. The van der Waals surface area contributed by atoms with E-state index in [1.165, 1.54) is 5.56 Å². The zero-order chi connectivity index (χ0) is 11.5. The Kier molecular flexibility index (Phi) is 3.69.